The lowest BCUT2D eigenvalue weighted by Crippen LogP contribution is -2.15. The number of rotatable bonds is 5. The van der Waals surface area contributed by atoms with Gasteiger partial charge in [0.05, 0.1) is 19.9 Å². The Balaban J connectivity index is 1.84. The molecule has 0 saturated heterocycles. The Labute approximate surface area is 113 Å². The molecule has 1 aromatic carbocycles. The number of nitrogens with one attached hydrogen (secondary N) is 1. The summed E-state index contributed by atoms with van der Waals surface area (Å²) in [5.74, 6) is 1.93. The molecule has 19 heavy (non-hydrogen) atoms. The Hall–Kier alpha value is -1.74. The van der Waals surface area contributed by atoms with E-state index in [0.29, 0.717) is 6.04 Å². The summed E-state index contributed by atoms with van der Waals surface area (Å²) >= 11 is 0. The highest BCUT2D eigenvalue weighted by Crippen LogP contribution is 2.30. The third kappa shape index (κ3) is 2.66. The number of benzene rings is 1. The van der Waals surface area contributed by atoms with Crippen molar-refractivity contribution >= 4 is 0 Å². The number of aryl methyl sites for hydroxylation is 1. The Bertz CT molecular complexity index is 570. The van der Waals surface area contributed by atoms with Crippen molar-refractivity contribution in [1.29, 1.82) is 0 Å². The molecule has 0 spiro atoms. The first-order valence-electron chi connectivity index (χ1n) is 6.72. The second-order valence-electron chi connectivity index (χ2n) is 5.10. The minimum Gasteiger partial charge on any atom is -0.496 e. The molecular weight excluding hydrogens is 238 g/mol. The molecule has 1 aliphatic carbocycles. The van der Waals surface area contributed by atoms with Gasteiger partial charge in [0.15, 0.2) is 0 Å². The van der Waals surface area contributed by atoms with Gasteiger partial charge in [0.1, 0.15) is 11.5 Å². The summed E-state index contributed by atoms with van der Waals surface area (Å²) in [5, 5.41) is 3.49. The predicted octanol–water partition coefficient (Wildman–Crippen LogP) is 3.52. The minimum atomic E-state index is 0.690. The standard InChI is InChI=1S/C16H19NO2/c1-11-9-12(3-6-15(11)18-2)14-7-8-19-16(14)10-17-13-4-5-13/h3,6-9,13,17H,4-5,10H2,1-2H3. The third-order valence-corrected chi connectivity index (χ3v) is 3.58. The maximum Gasteiger partial charge on any atom is 0.125 e. The van der Waals surface area contributed by atoms with E-state index in [9.17, 15) is 0 Å². The van der Waals surface area contributed by atoms with Gasteiger partial charge in [-0.15, -0.1) is 0 Å². The first kappa shape index (κ1) is 12.3. The third-order valence-electron chi connectivity index (χ3n) is 3.58. The molecule has 0 atom stereocenters. The molecule has 1 aliphatic rings. The maximum absolute atomic E-state index is 5.60. The maximum atomic E-state index is 5.60. The van der Waals surface area contributed by atoms with Crippen molar-refractivity contribution in [2.45, 2.75) is 32.4 Å². The zero-order valence-electron chi connectivity index (χ0n) is 11.4. The lowest BCUT2D eigenvalue weighted by Gasteiger charge is -2.08. The van der Waals surface area contributed by atoms with Crippen LogP contribution in [0, 0.1) is 6.92 Å². The molecule has 0 radical (unpaired) electrons. The van der Waals surface area contributed by atoms with E-state index in [0.717, 1.165) is 23.6 Å². The fourth-order valence-corrected chi connectivity index (χ4v) is 2.31. The van der Waals surface area contributed by atoms with Crippen LogP contribution in [0.5, 0.6) is 5.75 Å². The van der Waals surface area contributed by atoms with Crippen LogP contribution in [0.3, 0.4) is 0 Å². The number of hydrogen-bond acceptors (Lipinski definition) is 3. The molecule has 100 valence electrons. The second-order valence-corrected chi connectivity index (χ2v) is 5.10. The van der Waals surface area contributed by atoms with Gasteiger partial charge in [-0.25, -0.2) is 0 Å². The van der Waals surface area contributed by atoms with E-state index in [1.54, 1.807) is 13.4 Å². The quantitative estimate of drug-likeness (QED) is 0.890. The van der Waals surface area contributed by atoms with Crippen molar-refractivity contribution in [2.24, 2.45) is 0 Å². The number of hydrogen-bond donors (Lipinski definition) is 1. The summed E-state index contributed by atoms with van der Waals surface area (Å²) in [6, 6.07) is 8.96. The van der Waals surface area contributed by atoms with E-state index in [2.05, 4.69) is 24.4 Å². The smallest absolute Gasteiger partial charge is 0.125 e. The Morgan fingerprint density at radius 1 is 1.32 bits per heavy atom. The van der Waals surface area contributed by atoms with Crippen molar-refractivity contribution in [3.63, 3.8) is 0 Å². The van der Waals surface area contributed by atoms with Crippen LogP contribution in [0.1, 0.15) is 24.2 Å². The Kier molecular flexibility index (Phi) is 3.30. The summed E-state index contributed by atoms with van der Waals surface area (Å²) in [5.41, 5.74) is 3.49. The van der Waals surface area contributed by atoms with Gasteiger partial charge >= 0.3 is 0 Å². The van der Waals surface area contributed by atoms with Crippen molar-refractivity contribution in [1.82, 2.24) is 5.32 Å². The van der Waals surface area contributed by atoms with E-state index < -0.39 is 0 Å². The fourth-order valence-electron chi connectivity index (χ4n) is 2.31. The molecule has 0 amide bonds. The number of methoxy groups -OCH3 is 1. The summed E-state index contributed by atoms with van der Waals surface area (Å²) in [7, 11) is 1.70. The SMILES string of the molecule is COc1ccc(-c2ccoc2CNC2CC2)cc1C. The number of ether oxygens (including phenoxy) is 1. The highest BCUT2D eigenvalue weighted by molar-refractivity contribution is 5.67. The van der Waals surface area contributed by atoms with Gasteiger partial charge in [0.25, 0.3) is 0 Å². The van der Waals surface area contributed by atoms with E-state index in [4.69, 9.17) is 9.15 Å². The first-order chi connectivity index (χ1) is 9.28. The molecule has 2 aromatic rings. The lowest BCUT2D eigenvalue weighted by molar-refractivity contribution is 0.412. The largest absolute Gasteiger partial charge is 0.496 e. The van der Waals surface area contributed by atoms with Crippen LogP contribution in [0.2, 0.25) is 0 Å². The number of furan rings is 1. The van der Waals surface area contributed by atoms with Gasteiger partial charge < -0.3 is 14.5 Å². The van der Waals surface area contributed by atoms with Gasteiger partial charge in [-0.05, 0) is 49.1 Å². The summed E-state index contributed by atoms with van der Waals surface area (Å²) in [6.07, 6.45) is 4.34. The van der Waals surface area contributed by atoms with Crippen LogP contribution in [-0.2, 0) is 6.54 Å². The van der Waals surface area contributed by atoms with Crippen LogP contribution in [-0.4, -0.2) is 13.2 Å². The zero-order valence-corrected chi connectivity index (χ0v) is 11.4. The highest BCUT2D eigenvalue weighted by Gasteiger charge is 2.21. The second kappa shape index (κ2) is 5.10. The van der Waals surface area contributed by atoms with Crippen molar-refractivity contribution in [3.05, 3.63) is 41.9 Å². The summed E-state index contributed by atoms with van der Waals surface area (Å²) < 4.78 is 10.9. The molecule has 1 saturated carbocycles. The van der Waals surface area contributed by atoms with Crippen LogP contribution in [0.15, 0.2) is 34.9 Å². The molecule has 3 heteroatoms. The lowest BCUT2D eigenvalue weighted by atomic mass is 10.0. The molecule has 0 aliphatic heterocycles. The van der Waals surface area contributed by atoms with Crippen LogP contribution < -0.4 is 10.1 Å². The molecule has 1 fully saturated rings. The molecular formula is C16H19NO2. The topological polar surface area (TPSA) is 34.4 Å². The monoisotopic (exact) mass is 257 g/mol. The molecule has 0 unspecified atom stereocenters. The van der Waals surface area contributed by atoms with Gasteiger partial charge in [-0.1, -0.05) is 6.07 Å². The molecule has 1 aromatic heterocycles. The van der Waals surface area contributed by atoms with Gasteiger partial charge in [-0.2, -0.15) is 0 Å². The predicted molar refractivity (Wildman–Crippen MR) is 75.3 cm³/mol. The molecule has 1 N–H and O–H groups in total. The van der Waals surface area contributed by atoms with Crippen molar-refractivity contribution in [3.8, 4) is 16.9 Å². The van der Waals surface area contributed by atoms with Crippen LogP contribution >= 0.6 is 0 Å². The zero-order chi connectivity index (χ0) is 13.2. The summed E-state index contributed by atoms with van der Waals surface area (Å²) in [4.78, 5) is 0. The van der Waals surface area contributed by atoms with E-state index in [1.807, 2.05) is 12.1 Å². The average Bonchev–Trinajstić information content (AvgIpc) is 3.13. The van der Waals surface area contributed by atoms with Crippen molar-refractivity contribution < 1.29 is 9.15 Å². The van der Waals surface area contributed by atoms with E-state index in [-0.39, 0.29) is 0 Å². The van der Waals surface area contributed by atoms with Crippen molar-refractivity contribution in [2.75, 3.05) is 7.11 Å². The molecule has 0 bridgehead atoms. The molecule has 3 nitrogen and oxygen atoms in total. The van der Waals surface area contributed by atoms with Crippen LogP contribution in [0.25, 0.3) is 11.1 Å². The average molecular weight is 257 g/mol. The normalized spacial score (nSPS) is 14.6. The Morgan fingerprint density at radius 2 is 2.16 bits per heavy atom. The fraction of sp³-hybridized carbons (Fsp3) is 0.375. The highest BCUT2D eigenvalue weighted by atomic mass is 16.5. The first-order valence-corrected chi connectivity index (χ1v) is 6.72. The minimum absolute atomic E-state index is 0.690. The molecule has 1 heterocycles. The van der Waals surface area contributed by atoms with Gasteiger partial charge in [-0.3, -0.25) is 0 Å². The van der Waals surface area contributed by atoms with Gasteiger partial charge in [0.2, 0.25) is 0 Å². The van der Waals surface area contributed by atoms with Gasteiger partial charge in [0, 0.05) is 11.6 Å². The van der Waals surface area contributed by atoms with Crippen LogP contribution in [0.4, 0.5) is 0 Å². The molecule has 3 rings (SSSR count). The van der Waals surface area contributed by atoms with E-state index in [1.165, 1.54) is 24.0 Å². The van der Waals surface area contributed by atoms with E-state index >= 15 is 0 Å². The summed E-state index contributed by atoms with van der Waals surface area (Å²) in [6.45, 7) is 2.86. The Morgan fingerprint density at radius 3 is 2.84 bits per heavy atom.